The van der Waals surface area contributed by atoms with E-state index in [2.05, 4.69) is 10.6 Å². The van der Waals surface area contributed by atoms with Gasteiger partial charge >= 0.3 is 0 Å². The predicted molar refractivity (Wildman–Crippen MR) is 97.3 cm³/mol. The monoisotopic (exact) mass is 324 g/mol. The topological polar surface area (TPSA) is 50.4 Å². The molecule has 0 aromatic heterocycles. The number of nitrogens with one attached hydrogen (secondary N) is 2. The van der Waals surface area contributed by atoms with Gasteiger partial charge in [0.25, 0.3) is 0 Å². The molecular weight excluding hydrogens is 300 g/mol. The Morgan fingerprint density at radius 3 is 2.50 bits per heavy atom. The quantitative estimate of drug-likeness (QED) is 0.813. The number of aryl methyl sites for hydroxylation is 1. The third kappa shape index (κ3) is 5.10. The van der Waals surface area contributed by atoms with Crippen molar-refractivity contribution in [2.24, 2.45) is 0 Å². The fourth-order valence-electron chi connectivity index (χ4n) is 2.83. The molecule has 2 aromatic rings. The summed E-state index contributed by atoms with van der Waals surface area (Å²) in [5.74, 6) is 0.0407. The lowest BCUT2D eigenvalue weighted by molar-refractivity contribution is -0.116. The molecule has 2 aromatic carbocycles. The minimum absolute atomic E-state index is 0.0407. The molecular formula is C20H24N2O2. The molecule has 1 aliphatic rings. The number of hydrogen-bond acceptors (Lipinski definition) is 3. The van der Waals surface area contributed by atoms with E-state index < -0.39 is 0 Å². The van der Waals surface area contributed by atoms with Crippen LogP contribution in [0, 0.1) is 0 Å². The van der Waals surface area contributed by atoms with E-state index >= 15 is 0 Å². The van der Waals surface area contributed by atoms with Crippen LogP contribution < -0.4 is 10.6 Å². The highest BCUT2D eigenvalue weighted by atomic mass is 16.5. The minimum Gasteiger partial charge on any atom is -0.382 e. The van der Waals surface area contributed by atoms with Crippen molar-refractivity contribution in [3.05, 3.63) is 60.2 Å². The van der Waals surface area contributed by atoms with Crippen molar-refractivity contribution < 1.29 is 9.53 Å². The lowest BCUT2D eigenvalue weighted by atomic mass is 10.1. The van der Waals surface area contributed by atoms with E-state index in [0.717, 1.165) is 43.8 Å². The van der Waals surface area contributed by atoms with Gasteiger partial charge in [-0.15, -0.1) is 0 Å². The number of anilines is 2. The molecule has 1 heterocycles. The number of amides is 1. The summed E-state index contributed by atoms with van der Waals surface area (Å²) >= 11 is 0. The van der Waals surface area contributed by atoms with Gasteiger partial charge in [-0.3, -0.25) is 4.79 Å². The molecule has 1 unspecified atom stereocenters. The molecule has 0 spiro atoms. The van der Waals surface area contributed by atoms with Crippen LogP contribution in [0.2, 0.25) is 0 Å². The van der Waals surface area contributed by atoms with Gasteiger partial charge in [-0.25, -0.2) is 0 Å². The van der Waals surface area contributed by atoms with E-state index in [1.807, 2.05) is 54.6 Å². The van der Waals surface area contributed by atoms with E-state index in [-0.39, 0.29) is 5.91 Å². The molecule has 4 nitrogen and oxygen atoms in total. The Morgan fingerprint density at radius 1 is 1.04 bits per heavy atom. The van der Waals surface area contributed by atoms with Crippen LogP contribution in [-0.2, 0) is 16.0 Å². The molecule has 1 fully saturated rings. The zero-order chi connectivity index (χ0) is 16.6. The van der Waals surface area contributed by atoms with Crippen LogP contribution in [0.15, 0.2) is 54.6 Å². The van der Waals surface area contributed by atoms with Gasteiger partial charge in [-0.1, -0.05) is 30.3 Å². The molecule has 4 heteroatoms. The third-order valence-corrected chi connectivity index (χ3v) is 4.21. The highest BCUT2D eigenvalue weighted by Crippen LogP contribution is 2.16. The molecule has 1 aliphatic heterocycles. The minimum atomic E-state index is 0.0407. The highest BCUT2D eigenvalue weighted by Gasteiger charge is 2.14. The van der Waals surface area contributed by atoms with Crippen LogP contribution in [0.4, 0.5) is 11.4 Å². The molecule has 0 aliphatic carbocycles. The number of ether oxygens (including phenoxy) is 1. The number of benzene rings is 2. The second kappa shape index (κ2) is 8.50. The molecule has 1 atom stereocenters. The molecule has 3 rings (SSSR count). The second-order valence-electron chi connectivity index (χ2n) is 6.13. The largest absolute Gasteiger partial charge is 0.382 e. The van der Waals surface area contributed by atoms with Crippen molar-refractivity contribution in [2.75, 3.05) is 23.8 Å². The van der Waals surface area contributed by atoms with Gasteiger partial charge < -0.3 is 15.4 Å². The van der Waals surface area contributed by atoms with Crippen molar-refractivity contribution in [1.82, 2.24) is 0 Å². The molecule has 0 bridgehead atoms. The van der Waals surface area contributed by atoms with Crippen LogP contribution in [0.3, 0.4) is 0 Å². The first-order valence-corrected chi connectivity index (χ1v) is 8.59. The fourth-order valence-corrected chi connectivity index (χ4v) is 2.83. The van der Waals surface area contributed by atoms with Crippen LogP contribution in [0.1, 0.15) is 24.8 Å². The van der Waals surface area contributed by atoms with Gasteiger partial charge in [-0.2, -0.15) is 0 Å². The Labute approximate surface area is 143 Å². The Balaban J connectivity index is 1.42. The van der Waals surface area contributed by atoms with Crippen LogP contribution in [-0.4, -0.2) is 25.2 Å². The van der Waals surface area contributed by atoms with Gasteiger partial charge in [-0.05, 0) is 49.1 Å². The summed E-state index contributed by atoms with van der Waals surface area (Å²) in [7, 11) is 0. The van der Waals surface area contributed by atoms with Crippen molar-refractivity contribution in [1.29, 1.82) is 0 Å². The Kier molecular flexibility index (Phi) is 5.85. The first-order chi connectivity index (χ1) is 11.8. The maximum absolute atomic E-state index is 12.0. The number of carbonyl (C=O) groups excluding carboxylic acids is 1. The van der Waals surface area contributed by atoms with E-state index in [4.69, 9.17) is 4.74 Å². The van der Waals surface area contributed by atoms with Gasteiger partial charge in [0.2, 0.25) is 5.91 Å². The summed E-state index contributed by atoms with van der Waals surface area (Å²) in [6.45, 7) is 1.71. The van der Waals surface area contributed by atoms with Gasteiger partial charge in [0, 0.05) is 30.9 Å². The van der Waals surface area contributed by atoms with Crippen LogP contribution in [0.5, 0.6) is 0 Å². The maximum atomic E-state index is 12.0. The van der Waals surface area contributed by atoms with Crippen molar-refractivity contribution in [3.63, 3.8) is 0 Å². The number of rotatable bonds is 7. The SMILES string of the molecule is O=C(CCc1ccccc1)Nc1ccc(NCC2CCCO2)cc1. The zero-order valence-corrected chi connectivity index (χ0v) is 13.8. The lowest BCUT2D eigenvalue weighted by Gasteiger charge is -2.12. The standard InChI is InChI=1S/C20H24N2O2/c23-20(13-8-16-5-2-1-3-6-16)22-18-11-9-17(10-12-18)21-15-19-7-4-14-24-19/h1-3,5-6,9-12,19,21H,4,7-8,13-15H2,(H,22,23). The molecule has 1 saturated heterocycles. The van der Waals surface area contributed by atoms with Gasteiger partial charge in [0.05, 0.1) is 6.10 Å². The van der Waals surface area contributed by atoms with Gasteiger partial charge in [0.15, 0.2) is 0 Å². The smallest absolute Gasteiger partial charge is 0.224 e. The van der Waals surface area contributed by atoms with Crippen LogP contribution >= 0.6 is 0 Å². The van der Waals surface area contributed by atoms with Crippen molar-refractivity contribution >= 4 is 17.3 Å². The fraction of sp³-hybridized carbons (Fsp3) is 0.350. The average Bonchev–Trinajstić information content (AvgIpc) is 3.14. The molecule has 0 saturated carbocycles. The summed E-state index contributed by atoms with van der Waals surface area (Å²) < 4.78 is 5.59. The third-order valence-electron chi connectivity index (χ3n) is 4.21. The molecule has 24 heavy (non-hydrogen) atoms. The first kappa shape index (κ1) is 16.5. The van der Waals surface area contributed by atoms with Crippen molar-refractivity contribution in [2.45, 2.75) is 31.8 Å². The average molecular weight is 324 g/mol. The Hall–Kier alpha value is -2.33. The summed E-state index contributed by atoms with van der Waals surface area (Å²) in [5, 5.41) is 6.32. The predicted octanol–water partition coefficient (Wildman–Crippen LogP) is 3.85. The summed E-state index contributed by atoms with van der Waals surface area (Å²) in [5.41, 5.74) is 3.06. The van der Waals surface area contributed by atoms with E-state index in [0.29, 0.717) is 12.5 Å². The summed E-state index contributed by atoms with van der Waals surface area (Å²) in [6.07, 6.45) is 3.85. The lowest BCUT2D eigenvalue weighted by Crippen LogP contribution is -2.18. The summed E-state index contributed by atoms with van der Waals surface area (Å²) in [4.78, 5) is 12.0. The Morgan fingerprint density at radius 2 is 1.79 bits per heavy atom. The number of hydrogen-bond donors (Lipinski definition) is 2. The van der Waals surface area contributed by atoms with E-state index in [9.17, 15) is 4.79 Å². The van der Waals surface area contributed by atoms with E-state index in [1.54, 1.807) is 0 Å². The van der Waals surface area contributed by atoms with Gasteiger partial charge in [0.1, 0.15) is 0 Å². The molecule has 2 N–H and O–H groups in total. The summed E-state index contributed by atoms with van der Waals surface area (Å²) in [6, 6.07) is 17.9. The second-order valence-corrected chi connectivity index (χ2v) is 6.13. The Bertz CT molecular complexity index is 634. The molecule has 126 valence electrons. The normalized spacial score (nSPS) is 16.8. The zero-order valence-electron chi connectivity index (χ0n) is 13.8. The highest BCUT2D eigenvalue weighted by molar-refractivity contribution is 5.91. The van der Waals surface area contributed by atoms with E-state index in [1.165, 1.54) is 5.56 Å². The maximum Gasteiger partial charge on any atom is 0.224 e. The first-order valence-electron chi connectivity index (χ1n) is 8.59. The number of carbonyl (C=O) groups is 1. The van der Waals surface area contributed by atoms with Crippen molar-refractivity contribution in [3.8, 4) is 0 Å². The molecule has 1 amide bonds. The molecule has 0 radical (unpaired) electrons. The van der Waals surface area contributed by atoms with Crippen LogP contribution in [0.25, 0.3) is 0 Å².